The number of para-hydroxylation sites is 1. The van der Waals surface area contributed by atoms with Crippen LogP contribution in [0.5, 0.6) is 0 Å². The van der Waals surface area contributed by atoms with Crippen LogP contribution in [0.2, 0.25) is 5.02 Å². The number of likely N-dealkylation sites (tertiary alicyclic amines) is 1. The van der Waals surface area contributed by atoms with Crippen molar-refractivity contribution in [3.63, 3.8) is 0 Å². The third-order valence-electron chi connectivity index (χ3n) is 7.61. The van der Waals surface area contributed by atoms with Crippen molar-refractivity contribution in [3.8, 4) is 0 Å². The van der Waals surface area contributed by atoms with Crippen molar-refractivity contribution in [2.24, 2.45) is 5.92 Å². The Morgan fingerprint density at radius 2 is 1.79 bits per heavy atom. The van der Waals surface area contributed by atoms with Gasteiger partial charge < -0.3 is 26.2 Å². The number of urea groups is 1. The van der Waals surface area contributed by atoms with Gasteiger partial charge in [-0.3, -0.25) is 9.78 Å². The number of rotatable bonds is 4. The highest BCUT2D eigenvalue weighted by atomic mass is 35.5. The first-order valence-corrected chi connectivity index (χ1v) is 14.5. The van der Waals surface area contributed by atoms with Crippen molar-refractivity contribution in [1.29, 1.82) is 0 Å². The number of aromatic nitrogens is 3. The second-order valence-corrected chi connectivity index (χ2v) is 11.1. The average molecular weight is 601 g/mol. The number of halogens is 2. The van der Waals surface area contributed by atoms with Gasteiger partial charge in [-0.1, -0.05) is 23.7 Å². The van der Waals surface area contributed by atoms with Gasteiger partial charge >= 0.3 is 6.03 Å². The summed E-state index contributed by atoms with van der Waals surface area (Å²) in [7, 11) is 0. The average Bonchev–Trinajstić information content (AvgIpc) is 3.00. The summed E-state index contributed by atoms with van der Waals surface area (Å²) in [6, 6.07) is 13.5. The van der Waals surface area contributed by atoms with Crippen LogP contribution in [-0.2, 0) is 17.6 Å². The van der Waals surface area contributed by atoms with Crippen LogP contribution in [0.4, 0.5) is 43.7 Å². The van der Waals surface area contributed by atoms with E-state index in [1.54, 1.807) is 23.2 Å². The molecule has 10 nitrogen and oxygen atoms in total. The van der Waals surface area contributed by atoms with E-state index in [2.05, 4.69) is 36.2 Å². The standard InChI is InChI=1S/C31H30ClFN8O2/c32-24-18-35-30-37-23-13-20(16-34-17-23)5-6-21-15-22(36-29(24)40-30)7-8-26(21)38-28(42)14-19-9-11-41(12-10-19)31(43)39-27-4-2-1-3-25(27)33/h1-4,7-8,13,15-19H,5-6,9-12,14H2,(H,38,42)(H,39,43)(H2,35,36,37,40). The Labute approximate surface area is 253 Å². The SMILES string of the molecule is O=C(CC1CCN(C(=O)Nc2ccccc2F)CC1)Nc1ccc2cc1CCc1cncc(c1)Nc1ncc(Cl)c(n1)N2. The largest absolute Gasteiger partial charge is 0.339 e. The maximum atomic E-state index is 13.9. The summed E-state index contributed by atoms with van der Waals surface area (Å²) in [5.74, 6) is 0.438. The highest BCUT2D eigenvalue weighted by molar-refractivity contribution is 6.32. The maximum Gasteiger partial charge on any atom is 0.321 e. The molecular formula is C31H30ClFN8O2. The van der Waals surface area contributed by atoms with E-state index in [0.717, 1.165) is 28.2 Å². The number of hydrogen-bond donors (Lipinski definition) is 4. The van der Waals surface area contributed by atoms with E-state index >= 15 is 0 Å². The van der Waals surface area contributed by atoms with Gasteiger partial charge in [-0.25, -0.2) is 14.2 Å². The van der Waals surface area contributed by atoms with Crippen LogP contribution in [0.3, 0.4) is 0 Å². The fraction of sp³-hybridized carbons (Fsp3) is 0.258. The molecule has 2 aromatic carbocycles. The predicted molar refractivity (Wildman–Crippen MR) is 165 cm³/mol. The van der Waals surface area contributed by atoms with Gasteiger partial charge in [-0.05, 0) is 79.1 Å². The molecule has 0 aliphatic carbocycles. The number of pyridine rings is 1. The molecule has 2 aliphatic heterocycles. The number of amides is 3. The minimum absolute atomic E-state index is 0.0783. The number of anilines is 6. The molecule has 43 heavy (non-hydrogen) atoms. The Morgan fingerprint density at radius 1 is 0.953 bits per heavy atom. The molecule has 4 aromatic rings. The van der Waals surface area contributed by atoms with Gasteiger partial charge in [-0.2, -0.15) is 4.98 Å². The molecule has 2 aromatic heterocycles. The fourth-order valence-corrected chi connectivity index (χ4v) is 5.45. The first-order chi connectivity index (χ1) is 20.9. The molecule has 6 rings (SSSR count). The number of piperidine rings is 1. The van der Waals surface area contributed by atoms with Crippen LogP contribution in [0, 0.1) is 11.7 Å². The number of aryl methyl sites for hydroxylation is 2. The molecule has 0 radical (unpaired) electrons. The lowest BCUT2D eigenvalue weighted by molar-refractivity contribution is -0.117. The molecule has 1 saturated heterocycles. The van der Waals surface area contributed by atoms with Crippen LogP contribution in [0.1, 0.15) is 30.4 Å². The molecule has 4 N–H and O–H groups in total. The third kappa shape index (κ3) is 7.00. The lowest BCUT2D eigenvalue weighted by atomic mass is 9.93. The zero-order valence-corrected chi connectivity index (χ0v) is 24.0. The number of hydrogen-bond acceptors (Lipinski definition) is 7. The molecule has 1 fully saturated rings. The van der Waals surface area contributed by atoms with Crippen LogP contribution in [0.15, 0.2) is 67.1 Å². The van der Waals surface area contributed by atoms with Crippen molar-refractivity contribution in [2.45, 2.75) is 32.1 Å². The molecular weight excluding hydrogens is 571 g/mol. The topological polar surface area (TPSA) is 124 Å². The Balaban J connectivity index is 1.11. The highest BCUT2D eigenvalue weighted by Crippen LogP contribution is 2.30. The van der Waals surface area contributed by atoms with E-state index in [9.17, 15) is 14.0 Å². The van der Waals surface area contributed by atoms with Crippen LogP contribution >= 0.6 is 11.6 Å². The minimum Gasteiger partial charge on any atom is -0.339 e. The van der Waals surface area contributed by atoms with Gasteiger partial charge in [0.25, 0.3) is 0 Å². The molecule has 0 unspecified atom stereocenters. The van der Waals surface area contributed by atoms with E-state index < -0.39 is 5.82 Å². The van der Waals surface area contributed by atoms with Crippen LogP contribution < -0.4 is 21.3 Å². The van der Waals surface area contributed by atoms with Gasteiger partial charge in [-0.15, -0.1) is 0 Å². The molecule has 0 atom stereocenters. The zero-order valence-electron chi connectivity index (χ0n) is 23.2. The maximum absolute atomic E-state index is 13.9. The third-order valence-corrected chi connectivity index (χ3v) is 7.89. The van der Waals surface area contributed by atoms with Crippen molar-refractivity contribution in [1.82, 2.24) is 19.9 Å². The van der Waals surface area contributed by atoms with Gasteiger partial charge in [0.2, 0.25) is 11.9 Å². The second-order valence-electron chi connectivity index (χ2n) is 10.7. The minimum atomic E-state index is -0.474. The molecule has 0 saturated carbocycles. The molecule has 3 amide bonds. The Hall–Kier alpha value is -4.77. The molecule has 12 heteroatoms. The summed E-state index contributed by atoms with van der Waals surface area (Å²) < 4.78 is 13.9. The van der Waals surface area contributed by atoms with Gasteiger partial charge in [0.15, 0.2) is 5.82 Å². The van der Waals surface area contributed by atoms with Crippen molar-refractivity contribution < 1.29 is 14.0 Å². The van der Waals surface area contributed by atoms with Crippen molar-refractivity contribution >= 4 is 58.1 Å². The first-order valence-electron chi connectivity index (χ1n) is 14.1. The lowest BCUT2D eigenvalue weighted by Gasteiger charge is -2.31. The molecule has 2 aliphatic rings. The Morgan fingerprint density at radius 3 is 2.63 bits per heavy atom. The van der Waals surface area contributed by atoms with E-state index in [4.69, 9.17) is 11.6 Å². The predicted octanol–water partition coefficient (Wildman–Crippen LogP) is 6.52. The number of carbonyl (C=O) groups is 2. The quantitative estimate of drug-likeness (QED) is 0.210. The molecule has 6 bridgehead atoms. The number of nitrogens with zero attached hydrogens (tertiary/aromatic N) is 4. The fourth-order valence-electron chi connectivity index (χ4n) is 5.31. The van der Waals surface area contributed by atoms with Crippen LogP contribution in [0.25, 0.3) is 0 Å². The molecule has 220 valence electrons. The van der Waals surface area contributed by atoms with Crippen molar-refractivity contribution in [3.05, 3.63) is 89.1 Å². The summed E-state index contributed by atoms with van der Waals surface area (Å²) in [6.07, 6.45) is 8.16. The van der Waals surface area contributed by atoms with Crippen LogP contribution in [-0.4, -0.2) is 44.9 Å². The summed E-state index contributed by atoms with van der Waals surface area (Å²) >= 11 is 6.37. The van der Waals surface area contributed by atoms with Gasteiger partial charge in [0, 0.05) is 37.1 Å². The summed E-state index contributed by atoms with van der Waals surface area (Å²) in [5.41, 5.74) is 4.43. The van der Waals surface area contributed by atoms with E-state index in [1.807, 2.05) is 30.5 Å². The Kier molecular flexibility index (Phi) is 8.32. The Bertz CT molecular complexity index is 1660. The molecule has 0 spiro atoms. The van der Waals surface area contributed by atoms with Gasteiger partial charge in [0.05, 0.1) is 23.8 Å². The van der Waals surface area contributed by atoms with Gasteiger partial charge in [0.1, 0.15) is 10.8 Å². The lowest BCUT2D eigenvalue weighted by Crippen LogP contribution is -2.41. The first kappa shape index (κ1) is 28.4. The van der Waals surface area contributed by atoms with Crippen molar-refractivity contribution in [2.75, 3.05) is 34.4 Å². The normalized spacial score (nSPS) is 14.7. The summed E-state index contributed by atoms with van der Waals surface area (Å²) in [5, 5.41) is 12.6. The molecule has 4 heterocycles. The summed E-state index contributed by atoms with van der Waals surface area (Å²) in [4.78, 5) is 40.6. The zero-order chi connectivity index (χ0) is 29.8. The smallest absolute Gasteiger partial charge is 0.321 e. The van der Waals surface area contributed by atoms with E-state index in [1.165, 1.54) is 18.3 Å². The number of nitrogens with one attached hydrogen (secondary N) is 4. The number of carbonyl (C=O) groups excluding carboxylic acids is 2. The summed E-state index contributed by atoms with van der Waals surface area (Å²) in [6.45, 7) is 0.998. The monoisotopic (exact) mass is 600 g/mol. The van der Waals surface area contributed by atoms with E-state index in [0.29, 0.717) is 62.0 Å². The highest BCUT2D eigenvalue weighted by Gasteiger charge is 2.25. The second kappa shape index (κ2) is 12.6. The van der Waals surface area contributed by atoms with E-state index in [-0.39, 0.29) is 23.5 Å². The number of benzene rings is 2. The number of fused-ring (bicyclic) bond motifs is 6.